The van der Waals surface area contributed by atoms with Crippen LogP contribution >= 0.6 is 0 Å². The van der Waals surface area contributed by atoms with Crippen LogP contribution in [0.4, 0.5) is 0 Å². The van der Waals surface area contributed by atoms with Gasteiger partial charge in [0, 0.05) is 54.5 Å². The van der Waals surface area contributed by atoms with E-state index in [-0.39, 0.29) is 0 Å². The van der Waals surface area contributed by atoms with Crippen LogP contribution in [0, 0.1) is 0 Å². The molecular formula is C53H34N4. The molecule has 3 aromatic heterocycles. The monoisotopic (exact) mass is 726 g/mol. The number of aromatic nitrogens is 2. The van der Waals surface area contributed by atoms with E-state index in [1.807, 2.05) is 48.5 Å². The topological polar surface area (TPSA) is 34.1 Å². The number of rotatable bonds is 5. The van der Waals surface area contributed by atoms with Gasteiger partial charge in [0.05, 0.1) is 39.0 Å². The molecule has 0 atom stereocenters. The number of fused-ring (bicyclic) bond motifs is 5. The van der Waals surface area contributed by atoms with Gasteiger partial charge in [0.1, 0.15) is 0 Å². The Labute approximate surface area is 328 Å². The smallest absolute Gasteiger partial charge is 0.160 e. The van der Waals surface area contributed by atoms with Gasteiger partial charge in [0.15, 0.2) is 5.84 Å². The fourth-order valence-corrected chi connectivity index (χ4v) is 9.49. The Morgan fingerprint density at radius 3 is 1.82 bits per heavy atom. The zero-order chi connectivity index (χ0) is 37.8. The van der Waals surface area contributed by atoms with Gasteiger partial charge in [0.2, 0.25) is 0 Å². The minimum absolute atomic E-state index is 0.630. The Bertz CT molecular complexity index is 3640. The molecule has 4 heteroatoms. The third-order valence-electron chi connectivity index (χ3n) is 12.0. The van der Waals surface area contributed by atoms with Gasteiger partial charge in [-0.1, -0.05) is 152 Å². The van der Waals surface area contributed by atoms with E-state index >= 15 is 0 Å². The summed E-state index contributed by atoms with van der Waals surface area (Å²) in [5, 5.41) is 12.6. The maximum absolute atomic E-state index is 5.24. The molecule has 57 heavy (non-hydrogen) atoms. The standard InChI is InChI=1S/C53H34N4/c1-32(34-14-5-3-6-15-34)54-53(37-16-7-4-8-17-37)55-33(2)38-28-31-44(40-20-10-9-19-39(38)40)56-46-29-25-35-18-13-23-45-48(35)50(46)51-47(56)30-26-36-24-27-42-41-21-11-12-22-43(41)57(45)52(42)49(36)51/h3-31H,1H2,2H3/b54-53-,55-33+. The van der Waals surface area contributed by atoms with Gasteiger partial charge in [-0.2, -0.15) is 0 Å². The first kappa shape index (κ1) is 31.8. The first-order valence-electron chi connectivity index (χ1n) is 19.5. The maximum Gasteiger partial charge on any atom is 0.160 e. The van der Waals surface area contributed by atoms with Crippen LogP contribution in [0.15, 0.2) is 192 Å². The van der Waals surface area contributed by atoms with Crippen LogP contribution in [0.5, 0.6) is 0 Å². The number of hydrogen-bond acceptors (Lipinski definition) is 1. The van der Waals surface area contributed by atoms with Crippen molar-refractivity contribution in [1.29, 1.82) is 0 Å². The third-order valence-corrected chi connectivity index (χ3v) is 12.0. The summed E-state index contributed by atoms with van der Waals surface area (Å²) in [6, 6.07) is 63.0. The van der Waals surface area contributed by atoms with E-state index in [9.17, 15) is 0 Å². The lowest BCUT2D eigenvalue weighted by molar-refractivity contribution is 1.20. The van der Waals surface area contributed by atoms with E-state index in [4.69, 9.17) is 9.98 Å². The number of amidine groups is 1. The summed E-state index contributed by atoms with van der Waals surface area (Å²) in [6.07, 6.45) is 0. The lowest BCUT2D eigenvalue weighted by atomic mass is 9.98. The highest BCUT2D eigenvalue weighted by Crippen LogP contribution is 2.48. The zero-order valence-electron chi connectivity index (χ0n) is 31.2. The van der Waals surface area contributed by atoms with E-state index in [2.05, 4.69) is 150 Å². The molecule has 0 aliphatic carbocycles. The van der Waals surface area contributed by atoms with Crippen LogP contribution in [0.3, 0.4) is 0 Å². The van der Waals surface area contributed by atoms with Gasteiger partial charge in [-0.15, -0.1) is 0 Å². The highest BCUT2D eigenvalue weighted by molar-refractivity contribution is 6.38. The SMILES string of the molecule is C=C(/N=C(\N=C(/C)c1ccc(-n2c3ccc4cccc5c4c3c3c4c(ccc6c7ccccc7n5c64)ccc32)c2ccccc12)c1ccccc1)c1ccccc1. The van der Waals surface area contributed by atoms with Crippen LogP contribution in [0.1, 0.15) is 23.6 Å². The van der Waals surface area contributed by atoms with Crippen molar-refractivity contribution in [3.8, 4) is 5.69 Å². The Kier molecular flexibility index (Phi) is 6.67. The number of para-hydroxylation sites is 1. The van der Waals surface area contributed by atoms with Crippen molar-refractivity contribution in [1.82, 2.24) is 8.97 Å². The van der Waals surface area contributed by atoms with Gasteiger partial charge < -0.3 is 8.97 Å². The summed E-state index contributed by atoms with van der Waals surface area (Å²) in [7, 11) is 0. The summed E-state index contributed by atoms with van der Waals surface area (Å²) in [6.45, 7) is 6.40. The lowest BCUT2D eigenvalue weighted by Gasteiger charge is -2.16. The van der Waals surface area contributed by atoms with E-state index in [0.717, 1.165) is 38.9 Å². The second-order valence-electron chi connectivity index (χ2n) is 15.0. The van der Waals surface area contributed by atoms with E-state index < -0.39 is 0 Å². The third kappa shape index (κ3) is 4.50. The molecule has 0 saturated heterocycles. The Balaban J connectivity index is 1.13. The van der Waals surface area contributed by atoms with Gasteiger partial charge >= 0.3 is 0 Å². The summed E-state index contributed by atoms with van der Waals surface area (Å²) < 4.78 is 5.02. The van der Waals surface area contributed by atoms with Crippen LogP contribution < -0.4 is 0 Å². The summed E-state index contributed by atoms with van der Waals surface area (Å²) in [4.78, 5) is 10.2. The molecule has 266 valence electrons. The van der Waals surface area contributed by atoms with Gasteiger partial charge in [-0.05, 0) is 59.0 Å². The first-order chi connectivity index (χ1) is 28.1. The number of nitrogens with zero attached hydrogens (tertiary/aromatic N) is 4. The second-order valence-corrected chi connectivity index (χ2v) is 15.0. The van der Waals surface area contributed by atoms with Crippen LogP contribution in [0.25, 0.3) is 92.8 Å². The highest BCUT2D eigenvalue weighted by atomic mass is 15.0. The molecule has 0 aliphatic heterocycles. The number of benzene rings is 9. The summed E-state index contributed by atoms with van der Waals surface area (Å²) in [5.74, 6) is 0.630. The molecule has 12 rings (SSSR count). The molecular weight excluding hydrogens is 693 g/mol. The highest BCUT2D eigenvalue weighted by Gasteiger charge is 2.25. The minimum Gasteiger partial charge on any atom is -0.309 e. The molecule has 3 heterocycles. The summed E-state index contributed by atoms with van der Waals surface area (Å²) in [5.41, 5.74) is 11.8. The second kappa shape index (κ2) is 12.0. The normalized spacial score (nSPS) is 12.9. The molecule has 9 aromatic carbocycles. The number of aliphatic imine (C=N–C) groups is 2. The zero-order valence-corrected chi connectivity index (χ0v) is 31.2. The van der Waals surface area contributed by atoms with Crippen molar-refractivity contribution < 1.29 is 0 Å². The molecule has 0 bridgehead atoms. The quantitative estimate of drug-likeness (QED) is 0.125. The van der Waals surface area contributed by atoms with Gasteiger partial charge in [-0.3, -0.25) is 0 Å². The minimum atomic E-state index is 0.630. The van der Waals surface area contributed by atoms with Crippen molar-refractivity contribution in [2.45, 2.75) is 6.92 Å². The average molecular weight is 727 g/mol. The Hall–Kier alpha value is -7.56. The lowest BCUT2D eigenvalue weighted by Crippen LogP contribution is -2.06. The Morgan fingerprint density at radius 2 is 1.05 bits per heavy atom. The molecule has 0 unspecified atom stereocenters. The van der Waals surface area contributed by atoms with E-state index in [0.29, 0.717) is 11.5 Å². The largest absolute Gasteiger partial charge is 0.309 e. The number of hydrogen-bond donors (Lipinski definition) is 0. The fourth-order valence-electron chi connectivity index (χ4n) is 9.49. The van der Waals surface area contributed by atoms with Crippen molar-refractivity contribution in [2.24, 2.45) is 9.98 Å². The molecule has 4 nitrogen and oxygen atoms in total. The van der Waals surface area contributed by atoms with Crippen molar-refractivity contribution in [2.75, 3.05) is 0 Å². The van der Waals surface area contributed by atoms with E-state index in [1.165, 1.54) is 70.7 Å². The first-order valence-corrected chi connectivity index (χ1v) is 19.5. The molecule has 0 radical (unpaired) electrons. The van der Waals surface area contributed by atoms with Crippen LogP contribution in [-0.4, -0.2) is 20.5 Å². The molecule has 0 N–H and O–H groups in total. The van der Waals surface area contributed by atoms with E-state index in [1.54, 1.807) is 0 Å². The molecule has 0 saturated carbocycles. The van der Waals surface area contributed by atoms with Crippen LogP contribution in [0.2, 0.25) is 0 Å². The molecule has 0 aliphatic rings. The van der Waals surface area contributed by atoms with Crippen molar-refractivity contribution in [3.63, 3.8) is 0 Å². The maximum atomic E-state index is 5.24. The molecule has 0 amide bonds. The summed E-state index contributed by atoms with van der Waals surface area (Å²) >= 11 is 0. The predicted octanol–water partition coefficient (Wildman–Crippen LogP) is 13.6. The van der Waals surface area contributed by atoms with Crippen molar-refractivity contribution >= 4 is 98.7 Å². The van der Waals surface area contributed by atoms with Crippen molar-refractivity contribution in [3.05, 3.63) is 199 Å². The molecule has 12 aromatic rings. The molecule has 0 spiro atoms. The molecule has 0 fully saturated rings. The Morgan fingerprint density at radius 1 is 0.439 bits per heavy atom. The fraction of sp³-hybridized carbons (Fsp3) is 0.0189. The average Bonchev–Trinajstić information content (AvgIpc) is 3.74. The predicted molar refractivity (Wildman–Crippen MR) is 242 cm³/mol. The van der Waals surface area contributed by atoms with Gasteiger partial charge in [-0.25, -0.2) is 9.98 Å². The van der Waals surface area contributed by atoms with Gasteiger partial charge in [0.25, 0.3) is 0 Å². The van der Waals surface area contributed by atoms with Crippen LogP contribution in [-0.2, 0) is 0 Å².